The van der Waals surface area contributed by atoms with Gasteiger partial charge in [0.2, 0.25) is 10.9 Å². The lowest BCUT2D eigenvalue weighted by Gasteiger charge is -2.30. The summed E-state index contributed by atoms with van der Waals surface area (Å²) in [5.74, 6) is 0.590. The molecule has 1 N–H and O–H groups in total. The Morgan fingerprint density at radius 1 is 0.706 bits per heavy atom. The van der Waals surface area contributed by atoms with E-state index in [1.54, 1.807) is 0 Å². The molecule has 1 aliphatic heterocycles. The number of anilines is 1. The van der Waals surface area contributed by atoms with Gasteiger partial charge in [-0.15, -0.1) is 0 Å². The van der Waals surface area contributed by atoms with Crippen LogP contribution in [0.3, 0.4) is 0 Å². The van der Waals surface area contributed by atoms with E-state index in [1.165, 1.54) is 0 Å². The van der Waals surface area contributed by atoms with Crippen LogP contribution in [0.5, 0.6) is 0 Å². The van der Waals surface area contributed by atoms with Crippen molar-refractivity contribution < 1.29 is 18.9 Å². The minimum absolute atomic E-state index is 0.0849. The largest absolute Gasteiger partial charge is 0.374 e. The molecular weight excluding hydrogens is 660 g/mol. The summed E-state index contributed by atoms with van der Waals surface area (Å²) in [6.07, 6.45) is -2.12. The molecule has 5 aromatic carbocycles. The number of nitrogens with zero attached hydrogens (tertiary/aromatic N) is 3. The van der Waals surface area contributed by atoms with Gasteiger partial charge in [-0.3, -0.25) is 0 Å². The van der Waals surface area contributed by atoms with Gasteiger partial charge in [0.25, 0.3) is 0 Å². The molecule has 0 saturated carbocycles. The summed E-state index contributed by atoms with van der Waals surface area (Å²) in [6.45, 7) is 1.66. The maximum absolute atomic E-state index is 11.1. The summed E-state index contributed by atoms with van der Waals surface area (Å²) in [7, 11) is 0. The second-order valence-corrected chi connectivity index (χ2v) is 12.7. The molecule has 4 atom stereocenters. The van der Waals surface area contributed by atoms with Gasteiger partial charge in [0, 0.05) is 17.5 Å². The minimum Gasteiger partial charge on any atom is -0.374 e. The fraction of sp³-hybridized carbons (Fsp3) is 0.214. The molecule has 8 nitrogen and oxygen atoms in total. The number of hydrogen-bond donors (Lipinski definition) is 1. The first-order valence-corrected chi connectivity index (χ1v) is 17.3. The Morgan fingerprint density at radius 3 is 1.88 bits per heavy atom. The van der Waals surface area contributed by atoms with E-state index in [9.17, 15) is 5.26 Å². The van der Waals surface area contributed by atoms with Crippen LogP contribution >= 0.6 is 11.6 Å². The molecule has 1 aromatic heterocycles. The van der Waals surface area contributed by atoms with Gasteiger partial charge in [0.15, 0.2) is 0 Å². The Bertz CT molecular complexity index is 2070. The molecule has 7 rings (SSSR count). The number of ether oxygens (including phenoxy) is 4. The van der Waals surface area contributed by atoms with E-state index in [1.807, 2.05) is 140 Å². The first kappa shape index (κ1) is 34.3. The van der Waals surface area contributed by atoms with Gasteiger partial charge in [0.05, 0.1) is 31.9 Å². The lowest BCUT2D eigenvalue weighted by molar-refractivity contribution is -0.0952. The molecule has 51 heavy (non-hydrogen) atoms. The van der Waals surface area contributed by atoms with Crippen molar-refractivity contribution in [3.8, 4) is 6.07 Å². The average Bonchev–Trinajstić information content (AvgIpc) is 3.49. The Kier molecular flexibility index (Phi) is 10.9. The van der Waals surface area contributed by atoms with Crippen LogP contribution in [0.2, 0.25) is 5.28 Å². The van der Waals surface area contributed by atoms with Gasteiger partial charge in [-0.2, -0.15) is 5.26 Å². The van der Waals surface area contributed by atoms with E-state index < -0.39 is 23.9 Å². The molecule has 2 heterocycles. The molecule has 1 aliphatic rings. The Morgan fingerprint density at radius 2 is 1.27 bits per heavy atom. The number of halogens is 1. The van der Waals surface area contributed by atoms with Crippen LogP contribution < -0.4 is 5.32 Å². The van der Waals surface area contributed by atoms with Gasteiger partial charge in [-0.05, 0) is 46.0 Å². The highest BCUT2D eigenvalue weighted by Crippen LogP contribution is 2.44. The smallest absolute Gasteiger partial charge is 0.224 e. The third-order valence-electron chi connectivity index (χ3n) is 8.92. The van der Waals surface area contributed by atoms with E-state index in [0.717, 1.165) is 27.6 Å². The van der Waals surface area contributed by atoms with Crippen molar-refractivity contribution in [1.29, 1.82) is 5.26 Å². The summed E-state index contributed by atoms with van der Waals surface area (Å²) in [6, 6.07) is 47.9. The van der Waals surface area contributed by atoms with Gasteiger partial charge in [-0.25, -0.2) is 9.97 Å². The molecule has 0 bridgehead atoms. The van der Waals surface area contributed by atoms with Crippen molar-refractivity contribution in [2.45, 2.75) is 50.3 Å². The highest BCUT2D eigenvalue weighted by Gasteiger charge is 2.58. The highest BCUT2D eigenvalue weighted by atomic mass is 35.5. The maximum atomic E-state index is 11.1. The van der Waals surface area contributed by atoms with Crippen molar-refractivity contribution in [3.05, 3.63) is 173 Å². The van der Waals surface area contributed by atoms with E-state index >= 15 is 0 Å². The average molecular weight is 697 g/mol. The summed E-state index contributed by atoms with van der Waals surface area (Å²) in [5.41, 5.74) is 3.64. The Hall–Kier alpha value is -5.14. The van der Waals surface area contributed by atoms with E-state index in [-0.39, 0.29) is 18.5 Å². The second-order valence-electron chi connectivity index (χ2n) is 12.4. The van der Waals surface area contributed by atoms with Crippen molar-refractivity contribution in [3.63, 3.8) is 0 Å². The molecule has 256 valence electrons. The van der Waals surface area contributed by atoms with Gasteiger partial charge < -0.3 is 24.3 Å². The molecule has 1 saturated heterocycles. The normalized spacial score (nSPS) is 19.9. The third-order valence-corrected chi connectivity index (χ3v) is 9.09. The first-order valence-electron chi connectivity index (χ1n) is 16.9. The fourth-order valence-corrected chi connectivity index (χ4v) is 6.54. The Labute approximate surface area is 302 Å². The van der Waals surface area contributed by atoms with Gasteiger partial charge >= 0.3 is 0 Å². The van der Waals surface area contributed by atoms with Crippen LogP contribution in [-0.2, 0) is 50.9 Å². The zero-order chi connectivity index (χ0) is 34.9. The van der Waals surface area contributed by atoms with Gasteiger partial charge in [0.1, 0.15) is 30.2 Å². The molecule has 0 spiro atoms. The molecule has 9 heteroatoms. The SMILES string of the molecule is N#C[C@@]1(c2ccc3c(NCc4ccccc4)nc(Cl)nc3c2)O[C@H](COCc2ccccc2)[C@@H](OCc2ccccc2)[C@H]1OCc1ccccc1. The van der Waals surface area contributed by atoms with Crippen molar-refractivity contribution in [2.24, 2.45) is 0 Å². The van der Waals surface area contributed by atoms with Crippen molar-refractivity contribution in [2.75, 3.05) is 11.9 Å². The number of hydrogen-bond acceptors (Lipinski definition) is 8. The summed E-state index contributed by atoms with van der Waals surface area (Å²) < 4.78 is 26.4. The highest BCUT2D eigenvalue weighted by molar-refractivity contribution is 6.28. The minimum atomic E-state index is -1.57. The number of nitriles is 1. The van der Waals surface area contributed by atoms with E-state index in [4.69, 9.17) is 30.5 Å². The van der Waals surface area contributed by atoms with E-state index in [0.29, 0.717) is 36.7 Å². The van der Waals surface area contributed by atoms with Crippen LogP contribution in [0, 0.1) is 11.3 Å². The predicted octanol–water partition coefficient (Wildman–Crippen LogP) is 8.40. The topological polar surface area (TPSA) is 98.5 Å². The quantitative estimate of drug-likeness (QED) is 0.113. The number of aromatic nitrogens is 2. The van der Waals surface area contributed by atoms with E-state index in [2.05, 4.69) is 21.4 Å². The summed E-state index contributed by atoms with van der Waals surface area (Å²) in [4.78, 5) is 9.04. The molecule has 0 amide bonds. The number of benzene rings is 5. The number of nitrogens with one attached hydrogen (secondary N) is 1. The molecule has 0 aliphatic carbocycles. The lowest BCUT2D eigenvalue weighted by atomic mass is 9.87. The van der Waals surface area contributed by atoms with Crippen LogP contribution in [0.4, 0.5) is 5.82 Å². The lowest BCUT2D eigenvalue weighted by Crippen LogP contribution is -2.43. The first-order chi connectivity index (χ1) is 25.1. The Balaban J connectivity index is 1.24. The van der Waals surface area contributed by atoms with Crippen molar-refractivity contribution >= 4 is 28.3 Å². The van der Waals surface area contributed by atoms with Crippen LogP contribution in [0.1, 0.15) is 27.8 Å². The summed E-state index contributed by atoms with van der Waals surface area (Å²) in [5, 5.41) is 15.4. The van der Waals surface area contributed by atoms with Crippen LogP contribution in [0.15, 0.2) is 140 Å². The predicted molar refractivity (Wildman–Crippen MR) is 197 cm³/mol. The summed E-state index contributed by atoms with van der Waals surface area (Å²) >= 11 is 6.47. The molecule has 0 unspecified atom stereocenters. The monoisotopic (exact) mass is 696 g/mol. The van der Waals surface area contributed by atoms with Crippen molar-refractivity contribution in [1.82, 2.24) is 9.97 Å². The number of rotatable bonds is 14. The molecular formula is C42H37ClN4O4. The fourth-order valence-electron chi connectivity index (χ4n) is 6.36. The molecule has 1 fully saturated rings. The molecule has 0 radical (unpaired) electrons. The van der Waals surface area contributed by atoms with Gasteiger partial charge in [-0.1, -0.05) is 127 Å². The number of fused-ring (bicyclic) bond motifs is 1. The van der Waals surface area contributed by atoms with Crippen LogP contribution in [0.25, 0.3) is 10.9 Å². The second kappa shape index (κ2) is 16.3. The zero-order valence-corrected chi connectivity index (χ0v) is 28.7. The zero-order valence-electron chi connectivity index (χ0n) is 27.9. The standard InChI is InChI=1S/C42H37ClN4O4/c43-41-46-36-23-34(21-22-35(36)40(47-41)45-24-30-13-5-1-6-14-30)42(29-44)39(50-27-33-19-11-4-12-20-33)38(49-26-32-17-9-3-10-18-32)37(51-42)28-48-25-31-15-7-2-8-16-31/h1-23,37-39H,24-28H2,(H,45,46,47)/t37-,38-,39-,42+/m1/s1. The molecule has 6 aromatic rings. The van der Waals surface area contributed by atoms with Crippen LogP contribution in [-0.4, -0.2) is 34.9 Å². The maximum Gasteiger partial charge on any atom is 0.224 e. The third kappa shape index (κ3) is 8.10.